The van der Waals surface area contributed by atoms with Crippen LogP contribution in [-0.2, 0) is 4.74 Å². The summed E-state index contributed by atoms with van der Waals surface area (Å²) in [5.41, 5.74) is 0.0405. The average molecular weight is 200 g/mol. The van der Waals surface area contributed by atoms with Crippen LogP contribution >= 0.6 is 0 Å². The van der Waals surface area contributed by atoms with Crippen molar-refractivity contribution < 1.29 is 18.7 Å². The molecule has 14 heavy (non-hydrogen) atoms. The van der Waals surface area contributed by atoms with Crippen molar-refractivity contribution >= 4 is 12.0 Å². The quantitative estimate of drug-likeness (QED) is 0.663. The van der Waals surface area contributed by atoms with Crippen molar-refractivity contribution in [2.24, 2.45) is 0 Å². The number of hydrogen-bond donors (Lipinski definition) is 0. The third-order valence-electron chi connectivity index (χ3n) is 1.53. The lowest BCUT2D eigenvalue weighted by Crippen LogP contribution is -2.09. The Balaban J connectivity index is 3.08. The lowest BCUT2D eigenvalue weighted by atomic mass is 10.5. The predicted octanol–water partition coefficient (Wildman–Crippen LogP) is 0.536. The molecule has 1 rings (SSSR count). The Morgan fingerprint density at radius 1 is 1.43 bits per heavy atom. The first-order valence-corrected chi connectivity index (χ1v) is 3.90. The van der Waals surface area contributed by atoms with Crippen LogP contribution in [0.5, 0.6) is 5.95 Å². The van der Waals surface area contributed by atoms with E-state index in [9.17, 15) is 4.79 Å². The molecule has 6 nitrogen and oxygen atoms in total. The van der Waals surface area contributed by atoms with Crippen molar-refractivity contribution in [2.45, 2.75) is 0 Å². The first-order chi connectivity index (χ1) is 6.60. The molecule has 0 fully saturated rings. The average Bonchev–Trinajstić information content (AvgIpc) is 2.60. The van der Waals surface area contributed by atoms with E-state index in [4.69, 9.17) is 9.15 Å². The van der Waals surface area contributed by atoms with Gasteiger partial charge >= 0.3 is 17.9 Å². The van der Waals surface area contributed by atoms with Gasteiger partial charge in [0.05, 0.1) is 14.2 Å². The summed E-state index contributed by atoms with van der Waals surface area (Å²) in [6.45, 7) is 0. The fraction of sp³-hybridized carbons (Fsp3) is 0.500. The maximum absolute atomic E-state index is 11.2. The first-order valence-electron chi connectivity index (χ1n) is 3.90. The van der Waals surface area contributed by atoms with Crippen LogP contribution in [0.25, 0.3) is 0 Å². The van der Waals surface area contributed by atoms with Gasteiger partial charge in [-0.05, 0) is 0 Å². The highest BCUT2D eigenvalue weighted by atomic mass is 16.6. The summed E-state index contributed by atoms with van der Waals surface area (Å²) in [7, 11) is 6.15. The highest BCUT2D eigenvalue weighted by Crippen LogP contribution is 2.24. The molecule has 0 unspecified atom stereocenters. The normalized spacial score (nSPS) is 9.71. The smallest absolute Gasteiger partial charge is 0.364 e. The van der Waals surface area contributed by atoms with Crippen molar-refractivity contribution in [3.8, 4) is 5.95 Å². The van der Waals surface area contributed by atoms with Crippen LogP contribution in [0.1, 0.15) is 10.5 Å². The molecule has 0 N–H and O–H groups in total. The molecule has 6 heteroatoms. The molecular formula is C8H12N2O4. The van der Waals surface area contributed by atoms with Gasteiger partial charge in [-0.15, -0.1) is 0 Å². The third kappa shape index (κ3) is 1.78. The third-order valence-corrected chi connectivity index (χ3v) is 1.53. The summed E-state index contributed by atoms with van der Waals surface area (Å²) in [4.78, 5) is 16.7. The molecule has 0 aliphatic heterocycles. The standard InChI is InChI=1S/C8H12N2O4/c1-10(2)8-9-5(6(11)12-3)7(13-4)14-8/h1-4H3. The Morgan fingerprint density at radius 2 is 2.07 bits per heavy atom. The number of hydrogen-bond acceptors (Lipinski definition) is 6. The molecule has 0 bridgehead atoms. The van der Waals surface area contributed by atoms with Crippen LogP contribution in [0.3, 0.4) is 0 Å². The Bertz CT molecular complexity index is 332. The molecule has 0 saturated carbocycles. The second-order valence-corrected chi connectivity index (χ2v) is 2.72. The topological polar surface area (TPSA) is 64.8 Å². The molecular weight excluding hydrogens is 188 g/mol. The van der Waals surface area contributed by atoms with Crippen LogP contribution in [0.2, 0.25) is 0 Å². The van der Waals surface area contributed by atoms with Gasteiger partial charge in [0.2, 0.25) is 5.69 Å². The van der Waals surface area contributed by atoms with Crippen molar-refractivity contribution in [1.29, 1.82) is 0 Å². The Hall–Kier alpha value is -1.72. The van der Waals surface area contributed by atoms with Crippen LogP contribution < -0.4 is 9.64 Å². The van der Waals surface area contributed by atoms with Crippen LogP contribution in [0.15, 0.2) is 4.42 Å². The minimum atomic E-state index is -0.585. The molecule has 0 saturated heterocycles. The number of carbonyl (C=O) groups is 1. The molecule has 1 heterocycles. The van der Waals surface area contributed by atoms with Gasteiger partial charge in [-0.2, -0.15) is 4.98 Å². The number of aromatic nitrogens is 1. The molecule has 78 valence electrons. The minimum Gasteiger partial charge on any atom is -0.467 e. The monoisotopic (exact) mass is 200 g/mol. The molecule has 1 aromatic heterocycles. The van der Waals surface area contributed by atoms with E-state index in [-0.39, 0.29) is 11.6 Å². The Morgan fingerprint density at radius 3 is 2.50 bits per heavy atom. The maximum atomic E-state index is 11.2. The van der Waals surface area contributed by atoms with Gasteiger partial charge < -0.3 is 18.8 Å². The number of carbonyl (C=O) groups excluding carboxylic acids is 1. The molecule has 0 radical (unpaired) electrons. The van der Waals surface area contributed by atoms with Gasteiger partial charge in [-0.25, -0.2) is 4.79 Å². The van der Waals surface area contributed by atoms with Crippen molar-refractivity contribution in [1.82, 2.24) is 4.98 Å². The summed E-state index contributed by atoms with van der Waals surface area (Å²) in [6, 6.07) is 0.294. The van der Waals surface area contributed by atoms with E-state index in [0.29, 0.717) is 6.01 Å². The molecule has 0 spiro atoms. The molecule has 0 aliphatic rings. The van der Waals surface area contributed by atoms with E-state index in [2.05, 4.69) is 9.72 Å². The summed E-state index contributed by atoms with van der Waals surface area (Å²) in [6.07, 6.45) is 0. The zero-order valence-corrected chi connectivity index (χ0v) is 8.53. The number of esters is 1. The lowest BCUT2D eigenvalue weighted by molar-refractivity contribution is 0.0588. The number of oxazole rings is 1. The van der Waals surface area contributed by atoms with Crippen LogP contribution in [0.4, 0.5) is 6.01 Å². The van der Waals surface area contributed by atoms with Crippen molar-refractivity contribution in [3.63, 3.8) is 0 Å². The highest BCUT2D eigenvalue weighted by Gasteiger charge is 2.22. The fourth-order valence-corrected chi connectivity index (χ4v) is 0.851. The second kappa shape index (κ2) is 3.99. The minimum absolute atomic E-state index is 0.0405. The van der Waals surface area contributed by atoms with Gasteiger partial charge in [-0.1, -0.05) is 0 Å². The van der Waals surface area contributed by atoms with Crippen molar-refractivity contribution in [2.75, 3.05) is 33.2 Å². The highest BCUT2D eigenvalue weighted by molar-refractivity contribution is 5.89. The lowest BCUT2D eigenvalue weighted by Gasteiger charge is -2.03. The van der Waals surface area contributed by atoms with Gasteiger partial charge in [-0.3, -0.25) is 0 Å². The number of ether oxygens (including phenoxy) is 2. The van der Waals surface area contributed by atoms with Gasteiger partial charge in [0.25, 0.3) is 0 Å². The molecule has 0 aliphatic carbocycles. The number of anilines is 1. The number of methoxy groups -OCH3 is 2. The van der Waals surface area contributed by atoms with E-state index in [0.717, 1.165) is 0 Å². The number of rotatable bonds is 3. The van der Waals surface area contributed by atoms with Gasteiger partial charge in [0.1, 0.15) is 0 Å². The second-order valence-electron chi connectivity index (χ2n) is 2.72. The van der Waals surface area contributed by atoms with Crippen LogP contribution in [-0.4, -0.2) is 39.3 Å². The van der Waals surface area contributed by atoms with Crippen molar-refractivity contribution in [3.05, 3.63) is 5.69 Å². The summed E-state index contributed by atoms with van der Waals surface area (Å²) >= 11 is 0. The van der Waals surface area contributed by atoms with E-state index in [1.807, 2.05) is 0 Å². The van der Waals surface area contributed by atoms with Crippen LogP contribution in [0, 0.1) is 0 Å². The summed E-state index contributed by atoms with van der Waals surface area (Å²) in [5.74, 6) is -0.528. The maximum Gasteiger partial charge on any atom is 0.364 e. The van der Waals surface area contributed by atoms with E-state index in [1.54, 1.807) is 19.0 Å². The number of nitrogens with zero attached hydrogens (tertiary/aromatic N) is 2. The van der Waals surface area contributed by atoms with Gasteiger partial charge in [0.15, 0.2) is 0 Å². The fourth-order valence-electron chi connectivity index (χ4n) is 0.851. The van der Waals surface area contributed by atoms with E-state index < -0.39 is 5.97 Å². The molecule has 0 aromatic carbocycles. The summed E-state index contributed by atoms with van der Waals surface area (Å²) < 4.78 is 14.5. The summed E-state index contributed by atoms with van der Waals surface area (Å²) in [5, 5.41) is 0. The zero-order chi connectivity index (χ0) is 10.7. The SMILES string of the molecule is COC(=O)c1nc(N(C)C)oc1OC. The molecule has 1 aromatic rings. The van der Waals surface area contributed by atoms with Gasteiger partial charge in [0, 0.05) is 14.1 Å². The molecule has 0 amide bonds. The predicted molar refractivity (Wildman–Crippen MR) is 48.7 cm³/mol. The largest absolute Gasteiger partial charge is 0.467 e. The Kier molecular flexibility index (Phi) is 2.95. The Labute approximate surface area is 81.4 Å². The first kappa shape index (κ1) is 10.4. The van der Waals surface area contributed by atoms with E-state index >= 15 is 0 Å². The zero-order valence-electron chi connectivity index (χ0n) is 8.53. The van der Waals surface area contributed by atoms with E-state index in [1.165, 1.54) is 14.2 Å². The molecule has 0 atom stereocenters.